The van der Waals surface area contributed by atoms with Crippen LogP contribution in [0.5, 0.6) is 0 Å². The Bertz CT molecular complexity index is 562. The molecular formula is C15H19NO4. The molecule has 1 N–H and O–H groups in total. The third-order valence-corrected chi connectivity index (χ3v) is 4.64. The number of hydrogen-bond donors (Lipinski definition) is 1. The van der Waals surface area contributed by atoms with Crippen molar-refractivity contribution in [3.05, 3.63) is 23.2 Å². The van der Waals surface area contributed by atoms with Crippen molar-refractivity contribution in [2.75, 3.05) is 6.54 Å². The number of nitrogens with zero attached hydrogens (tertiary/aromatic N) is 1. The molecule has 2 aliphatic rings. The number of carbonyl (C=O) groups excluding carboxylic acids is 1. The first kappa shape index (κ1) is 13.2. The Labute approximate surface area is 117 Å². The van der Waals surface area contributed by atoms with Gasteiger partial charge < -0.3 is 14.4 Å². The molecule has 1 aliphatic heterocycles. The predicted octanol–water partition coefficient (Wildman–Crippen LogP) is 2.22. The summed E-state index contributed by atoms with van der Waals surface area (Å²) in [7, 11) is 0. The summed E-state index contributed by atoms with van der Waals surface area (Å²) in [6.45, 7) is 4.15. The number of likely N-dealkylation sites (tertiary alicyclic amines) is 1. The van der Waals surface area contributed by atoms with Crippen molar-refractivity contribution in [1.82, 2.24) is 4.90 Å². The molecule has 1 aliphatic carbocycles. The van der Waals surface area contributed by atoms with Crippen LogP contribution < -0.4 is 0 Å². The summed E-state index contributed by atoms with van der Waals surface area (Å²) >= 11 is 0. The average Bonchev–Trinajstić information content (AvgIpc) is 3.00. The van der Waals surface area contributed by atoms with Crippen molar-refractivity contribution in [1.29, 1.82) is 0 Å². The highest BCUT2D eigenvalue weighted by atomic mass is 16.4. The summed E-state index contributed by atoms with van der Waals surface area (Å²) < 4.78 is 5.45. The summed E-state index contributed by atoms with van der Waals surface area (Å²) in [6, 6.07) is 1.11. The third kappa shape index (κ3) is 1.92. The number of aryl methyl sites for hydroxylation is 2. The van der Waals surface area contributed by atoms with E-state index in [1.807, 2.05) is 6.92 Å². The van der Waals surface area contributed by atoms with Gasteiger partial charge in [-0.05, 0) is 44.6 Å². The normalized spacial score (nSPS) is 28.7. The molecular weight excluding hydrogens is 258 g/mol. The summed E-state index contributed by atoms with van der Waals surface area (Å²) in [6.07, 6.45) is 3.00. The van der Waals surface area contributed by atoms with E-state index < -0.39 is 12.0 Å². The number of fused-ring (bicyclic) bond motifs is 1. The number of amides is 1. The Balaban J connectivity index is 1.91. The summed E-state index contributed by atoms with van der Waals surface area (Å²) in [5, 5.41) is 9.48. The average molecular weight is 277 g/mol. The topological polar surface area (TPSA) is 70.8 Å². The van der Waals surface area contributed by atoms with Gasteiger partial charge in [0.2, 0.25) is 0 Å². The van der Waals surface area contributed by atoms with Crippen LogP contribution in [-0.4, -0.2) is 34.5 Å². The maximum Gasteiger partial charge on any atom is 0.326 e. The number of carboxylic acid groups (broad SMARTS) is 1. The summed E-state index contributed by atoms with van der Waals surface area (Å²) in [5.74, 6) is 0.223. The fraction of sp³-hybridized carbons (Fsp3) is 0.600. The maximum atomic E-state index is 12.6. The van der Waals surface area contributed by atoms with Crippen molar-refractivity contribution in [3.8, 4) is 0 Å². The van der Waals surface area contributed by atoms with Gasteiger partial charge in [0.25, 0.3) is 5.91 Å². The number of hydrogen-bond acceptors (Lipinski definition) is 3. The molecule has 3 atom stereocenters. The molecule has 2 fully saturated rings. The lowest BCUT2D eigenvalue weighted by atomic mass is 9.94. The molecule has 1 aromatic heterocycles. The van der Waals surface area contributed by atoms with Crippen LogP contribution in [-0.2, 0) is 4.79 Å². The molecule has 5 heteroatoms. The number of aliphatic carboxylic acids is 1. The van der Waals surface area contributed by atoms with Crippen molar-refractivity contribution < 1.29 is 19.1 Å². The lowest BCUT2D eigenvalue weighted by Crippen LogP contribution is -2.43. The van der Waals surface area contributed by atoms with Gasteiger partial charge in [0, 0.05) is 12.1 Å². The van der Waals surface area contributed by atoms with E-state index in [2.05, 4.69) is 0 Å². The monoisotopic (exact) mass is 277 g/mol. The molecule has 0 radical (unpaired) electrons. The predicted molar refractivity (Wildman–Crippen MR) is 71.5 cm³/mol. The largest absolute Gasteiger partial charge is 0.480 e. The molecule has 0 spiro atoms. The molecule has 0 aromatic carbocycles. The zero-order chi connectivity index (χ0) is 14.4. The van der Waals surface area contributed by atoms with E-state index in [1.54, 1.807) is 13.0 Å². The highest BCUT2D eigenvalue weighted by molar-refractivity contribution is 5.96. The third-order valence-electron chi connectivity index (χ3n) is 4.64. The van der Waals surface area contributed by atoms with Gasteiger partial charge in [-0.1, -0.05) is 6.42 Å². The van der Waals surface area contributed by atoms with Gasteiger partial charge in [0.15, 0.2) is 5.76 Å². The Hall–Kier alpha value is -1.78. The second kappa shape index (κ2) is 4.65. The SMILES string of the molecule is Cc1cc(C)c(C(=O)N2CC3CCCC3C2C(=O)O)o1. The van der Waals surface area contributed by atoms with Crippen LogP contribution in [0.15, 0.2) is 10.5 Å². The summed E-state index contributed by atoms with van der Waals surface area (Å²) in [5.41, 5.74) is 0.772. The molecule has 108 valence electrons. The zero-order valence-corrected chi connectivity index (χ0v) is 11.8. The van der Waals surface area contributed by atoms with Crippen LogP contribution in [0, 0.1) is 25.7 Å². The quantitative estimate of drug-likeness (QED) is 0.899. The second-order valence-corrected chi connectivity index (χ2v) is 5.96. The smallest absolute Gasteiger partial charge is 0.326 e. The minimum absolute atomic E-state index is 0.104. The number of furan rings is 1. The van der Waals surface area contributed by atoms with Crippen molar-refractivity contribution in [3.63, 3.8) is 0 Å². The van der Waals surface area contributed by atoms with Gasteiger partial charge in [-0.3, -0.25) is 4.79 Å². The van der Waals surface area contributed by atoms with Crippen LogP contribution in [0.2, 0.25) is 0 Å². The minimum Gasteiger partial charge on any atom is -0.480 e. The van der Waals surface area contributed by atoms with Crippen LogP contribution >= 0.6 is 0 Å². The van der Waals surface area contributed by atoms with Gasteiger partial charge in [-0.2, -0.15) is 0 Å². The van der Waals surface area contributed by atoms with Crippen molar-refractivity contribution >= 4 is 11.9 Å². The number of rotatable bonds is 2. The fourth-order valence-corrected chi connectivity index (χ4v) is 3.82. The molecule has 0 bridgehead atoms. The highest BCUT2D eigenvalue weighted by Gasteiger charge is 2.50. The molecule has 1 amide bonds. The van der Waals surface area contributed by atoms with Crippen LogP contribution in [0.25, 0.3) is 0 Å². The lowest BCUT2D eigenvalue weighted by Gasteiger charge is -2.23. The minimum atomic E-state index is -0.895. The Kier molecular flexibility index (Phi) is 3.07. The van der Waals surface area contributed by atoms with E-state index in [9.17, 15) is 14.7 Å². The lowest BCUT2D eigenvalue weighted by molar-refractivity contribution is -0.142. The standard InChI is InChI=1S/C15H19NO4/c1-8-6-9(2)20-13(8)14(17)16-7-10-4-3-5-11(10)12(16)15(18)19/h6,10-12H,3-5,7H2,1-2H3,(H,18,19). The van der Waals surface area contributed by atoms with Crippen LogP contribution in [0.1, 0.15) is 41.1 Å². The van der Waals surface area contributed by atoms with Crippen molar-refractivity contribution in [2.45, 2.75) is 39.2 Å². The van der Waals surface area contributed by atoms with Gasteiger partial charge >= 0.3 is 5.97 Å². The molecule has 5 nitrogen and oxygen atoms in total. The number of carboxylic acids is 1. The van der Waals surface area contributed by atoms with Crippen LogP contribution in [0.4, 0.5) is 0 Å². The Morgan fingerprint density at radius 1 is 1.35 bits per heavy atom. The van der Waals surface area contributed by atoms with E-state index in [-0.39, 0.29) is 17.6 Å². The number of carbonyl (C=O) groups is 2. The second-order valence-electron chi connectivity index (χ2n) is 5.96. The molecule has 1 saturated carbocycles. The Morgan fingerprint density at radius 2 is 2.10 bits per heavy atom. The molecule has 2 heterocycles. The van der Waals surface area contributed by atoms with Gasteiger partial charge in [0.05, 0.1) is 0 Å². The highest BCUT2D eigenvalue weighted by Crippen LogP contribution is 2.42. The first-order valence-electron chi connectivity index (χ1n) is 7.10. The summed E-state index contributed by atoms with van der Waals surface area (Å²) in [4.78, 5) is 25.7. The van der Waals surface area contributed by atoms with Gasteiger partial charge in [0.1, 0.15) is 11.8 Å². The van der Waals surface area contributed by atoms with Gasteiger partial charge in [-0.15, -0.1) is 0 Å². The van der Waals surface area contributed by atoms with E-state index >= 15 is 0 Å². The zero-order valence-electron chi connectivity index (χ0n) is 11.8. The van der Waals surface area contributed by atoms with E-state index in [4.69, 9.17) is 4.42 Å². The van der Waals surface area contributed by atoms with E-state index in [0.717, 1.165) is 24.8 Å². The van der Waals surface area contributed by atoms with Crippen LogP contribution in [0.3, 0.4) is 0 Å². The molecule has 20 heavy (non-hydrogen) atoms. The molecule has 1 aromatic rings. The maximum absolute atomic E-state index is 12.6. The first-order valence-corrected chi connectivity index (χ1v) is 7.10. The van der Waals surface area contributed by atoms with Gasteiger partial charge in [-0.25, -0.2) is 4.79 Å². The fourth-order valence-electron chi connectivity index (χ4n) is 3.82. The molecule has 3 unspecified atom stereocenters. The first-order chi connectivity index (χ1) is 9.49. The molecule has 3 rings (SSSR count). The van der Waals surface area contributed by atoms with E-state index in [1.165, 1.54) is 4.90 Å². The Morgan fingerprint density at radius 3 is 2.70 bits per heavy atom. The molecule has 1 saturated heterocycles. The van der Waals surface area contributed by atoms with Crippen molar-refractivity contribution in [2.24, 2.45) is 11.8 Å². The van der Waals surface area contributed by atoms with E-state index in [0.29, 0.717) is 18.2 Å².